The van der Waals surface area contributed by atoms with Gasteiger partial charge >= 0.3 is 0 Å². The number of benzene rings is 1. The number of rotatable bonds is 6. The van der Waals surface area contributed by atoms with Crippen molar-refractivity contribution in [3.05, 3.63) is 42.1 Å². The maximum Gasteiger partial charge on any atom is 0.243 e. The van der Waals surface area contributed by atoms with Crippen LogP contribution >= 0.6 is 0 Å². The van der Waals surface area contributed by atoms with Crippen LogP contribution in [-0.4, -0.2) is 63.4 Å². The molecule has 0 bridgehead atoms. The quantitative estimate of drug-likeness (QED) is 0.645. The molecular formula is C23H33N5O3. The van der Waals surface area contributed by atoms with Crippen LogP contribution in [0.4, 0.5) is 0 Å². The van der Waals surface area contributed by atoms with E-state index in [4.69, 9.17) is 0 Å². The van der Waals surface area contributed by atoms with Gasteiger partial charge in [-0.1, -0.05) is 45.0 Å². The molecule has 0 aliphatic carbocycles. The molecule has 31 heavy (non-hydrogen) atoms. The number of nitrogens with zero attached hydrogens (tertiary/aromatic N) is 3. The number of hydrogen-bond acceptors (Lipinski definition) is 5. The largest absolute Gasteiger partial charge is 0.391 e. The molecule has 1 aromatic carbocycles. The minimum absolute atomic E-state index is 0.160. The van der Waals surface area contributed by atoms with Crippen molar-refractivity contribution in [2.45, 2.75) is 51.9 Å². The van der Waals surface area contributed by atoms with Gasteiger partial charge in [0.05, 0.1) is 17.8 Å². The second-order valence-electron chi connectivity index (χ2n) is 9.24. The van der Waals surface area contributed by atoms with Crippen molar-refractivity contribution in [2.75, 3.05) is 13.6 Å². The van der Waals surface area contributed by atoms with E-state index in [2.05, 4.69) is 15.7 Å². The highest BCUT2D eigenvalue weighted by molar-refractivity contribution is 5.91. The molecule has 0 unspecified atom stereocenters. The average Bonchev–Trinajstić information content (AvgIpc) is 3.31. The van der Waals surface area contributed by atoms with Crippen molar-refractivity contribution in [3.8, 4) is 11.3 Å². The Kier molecular flexibility index (Phi) is 6.81. The number of aryl methyl sites for hydroxylation is 1. The Labute approximate surface area is 183 Å². The first-order chi connectivity index (χ1) is 14.6. The smallest absolute Gasteiger partial charge is 0.243 e. The first-order valence-corrected chi connectivity index (χ1v) is 10.6. The number of aliphatic hydroxyl groups is 1. The molecule has 1 aromatic heterocycles. The lowest BCUT2D eigenvalue weighted by molar-refractivity contribution is -0.142. The first-order valence-electron chi connectivity index (χ1n) is 10.6. The van der Waals surface area contributed by atoms with Crippen LogP contribution in [0.1, 0.15) is 32.8 Å². The van der Waals surface area contributed by atoms with Crippen LogP contribution in [0.15, 0.2) is 36.5 Å². The van der Waals surface area contributed by atoms with E-state index in [1.54, 1.807) is 13.2 Å². The van der Waals surface area contributed by atoms with Gasteiger partial charge in [0.1, 0.15) is 6.04 Å². The lowest BCUT2D eigenvalue weighted by Gasteiger charge is -2.34. The SMILES string of the molecule is CN[C@H](C(=O)N1C[C@H](O)C[C@H]1C(=O)NCc1ccc(-c2ccnn2C)cc1)C(C)(C)C. The molecule has 1 aliphatic heterocycles. The highest BCUT2D eigenvalue weighted by Crippen LogP contribution is 2.26. The van der Waals surface area contributed by atoms with Gasteiger partial charge in [-0.05, 0) is 29.7 Å². The normalized spacial score (nSPS) is 20.0. The maximum atomic E-state index is 13.1. The molecule has 3 N–H and O–H groups in total. The third-order valence-corrected chi connectivity index (χ3v) is 5.80. The van der Waals surface area contributed by atoms with E-state index in [1.807, 2.05) is 62.8 Å². The van der Waals surface area contributed by atoms with Crippen LogP contribution in [-0.2, 0) is 23.2 Å². The van der Waals surface area contributed by atoms with Crippen LogP contribution in [0.5, 0.6) is 0 Å². The molecule has 0 radical (unpaired) electrons. The minimum Gasteiger partial charge on any atom is -0.391 e. The molecular weight excluding hydrogens is 394 g/mol. The zero-order valence-electron chi connectivity index (χ0n) is 18.9. The molecule has 168 valence electrons. The fourth-order valence-electron chi connectivity index (χ4n) is 4.16. The summed E-state index contributed by atoms with van der Waals surface area (Å²) in [4.78, 5) is 27.5. The summed E-state index contributed by atoms with van der Waals surface area (Å²) in [6.45, 7) is 6.45. The van der Waals surface area contributed by atoms with Gasteiger partial charge in [-0.3, -0.25) is 14.3 Å². The Bertz CT molecular complexity index is 916. The Balaban J connectivity index is 1.65. The summed E-state index contributed by atoms with van der Waals surface area (Å²) in [5.74, 6) is -0.406. The zero-order valence-corrected chi connectivity index (χ0v) is 18.9. The molecule has 0 spiro atoms. The number of likely N-dealkylation sites (N-methyl/N-ethyl adjacent to an activating group) is 1. The number of β-amino-alcohol motifs (C(OH)–C–C–N with tert-alkyl or cyclic N) is 1. The molecule has 1 saturated heterocycles. The fourth-order valence-corrected chi connectivity index (χ4v) is 4.16. The molecule has 8 nitrogen and oxygen atoms in total. The van der Waals surface area contributed by atoms with Crippen LogP contribution in [0.25, 0.3) is 11.3 Å². The summed E-state index contributed by atoms with van der Waals surface area (Å²) < 4.78 is 1.81. The Hall–Kier alpha value is -2.71. The van der Waals surface area contributed by atoms with Crippen molar-refractivity contribution in [1.29, 1.82) is 0 Å². The van der Waals surface area contributed by atoms with E-state index in [0.29, 0.717) is 6.54 Å². The van der Waals surface area contributed by atoms with Gasteiger partial charge in [-0.15, -0.1) is 0 Å². The molecule has 3 rings (SSSR count). The summed E-state index contributed by atoms with van der Waals surface area (Å²) in [5, 5.41) is 20.3. The monoisotopic (exact) mass is 427 g/mol. The molecule has 2 amide bonds. The summed E-state index contributed by atoms with van der Waals surface area (Å²) in [7, 11) is 3.63. The van der Waals surface area contributed by atoms with Crippen molar-refractivity contribution >= 4 is 11.8 Å². The van der Waals surface area contributed by atoms with Crippen LogP contribution < -0.4 is 10.6 Å². The van der Waals surface area contributed by atoms with Crippen molar-refractivity contribution < 1.29 is 14.7 Å². The topological polar surface area (TPSA) is 99.5 Å². The molecule has 1 fully saturated rings. The standard InChI is InChI=1S/C23H33N5O3/c1-23(2,3)20(24-4)22(31)28-14-17(29)12-19(28)21(30)25-13-15-6-8-16(9-7-15)18-10-11-26-27(18)5/h6-11,17,19-20,24,29H,12-14H2,1-5H3,(H,25,30)/t17-,19+,20-/m1/s1. The second kappa shape index (κ2) is 9.20. The number of hydrogen-bond donors (Lipinski definition) is 3. The number of aromatic nitrogens is 2. The van der Waals surface area contributed by atoms with Gasteiger partial charge in [-0.2, -0.15) is 5.10 Å². The molecule has 1 aliphatic rings. The van der Waals surface area contributed by atoms with Gasteiger partial charge in [0.25, 0.3) is 0 Å². The number of aliphatic hydroxyl groups excluding tert-OH is 1. The van der Waals surface area contributed by atoms with Gasteiger partial charge in [0, 0.05) is 32.8 Å². The highest BCUT2D eigenvalue weighted by atomic mass is 16.3. The molecule has 2 heterocycles. The number of carbonyl (C=O) groups excluding carboxylic acids is 2. The van der Waals surface area contributed by atoms with Crippen molar-refractivity contribution in [3.63, 3.8) is 0 Å². The Morgan fingerprint density at radius 2 is 1.90 bits per heavy atom. The number of likely N-dealkylation sites (tertiary alicyclic amines) is 1. The molecule has 3 atom stereocenters. The van der Waals surface area contributed by atoms with Gasteiger partial charge < -0.3 is 20.6 Å². The third kappa shape index (κ3) is 5.14. The molecule has 8 heteroatoms. The van der Waals surface area contributed by atoms with Crippen molar-refractivity contribution in [2.24, 2.45) is 12.5 Å². The first kappa shape index (κ1) is 23.0. The van der Waals surface area contributed by atoms with E-state index in [0.717, 1.165) is 16.8 Å². The van der Waals surface area contributed by atoms with E-state index >= 15 is 0 Å². The number of nitrogens with one attached hydrogen (secondary N) is 2. The highest BCUT2D eigenvalue weighted by Gasteiger charge is 2.43. The Morgan fingerprint density at radius 3 is 2.45 bits per heavy atom. The second-order valence-corrected chi connectivity index (χ2v) is 9.24. The van der Waals surface area contributed by atoms with E-state index in [9.17, 15) is 14.7 Å². The minimum atomic E-state index is -0.699. The lowest BCUT2D eigenvalue weighted by Crippen LogP contribution is -2.55. The van der Waals surface area contributed by atoms with Gasteiger partial charge in [-0.25, -0.2) is 0 Å². The lowest BCUT2D eigenvalue weighted by atomic mass is 9.86. The predicted octanol–water partition coefficient (Wildman–Crippen LogP) is 1.30. The average molecular weight is 428 g/mol. The van der Waals surface area contributed by atoms with Gasteiger partial charge in [0.2, 0.25) is 11.8 Å². The molecule has 2 aromatic rings. The summed E-state index contributed by atoms with van der Waals surface area (Å²) in [6, 6.07) is 8.76. The maximum absolute atomic E-state index is 13.1. The van der Waals surface area contributed by atoms with Crippen LogP contribution in [0.3, 0.4) is 0 Å². The van der Waals surface area contributed by atoms with E-state index < -0.39 is 18.2 Å². The fraction of sp³-hybridized carbons (Fsp3) is 0.522. The summed E-state index contributed by atoms with van der Waals surface area (Å²) in [6.07, 6.45) is 1.30. The van der Waals surface area contributed by atoms with E-state index in [1.165, 1.54) is 4.90 Å². The number of carbonyl (C=O) groups is 2. The van der Waals surface area contributed by atoms with E-state index in [-0.39, 0.29) is 30.2 Å². The summed E-state index contributed by atoms with van der Waals surface area (Å²) in [5.41, 5.74) is 2.71. The third-order valence-electron chi connectivity index (χ3n) is 5.80. The molecule has 0 saturated carbocycles. The van der Waals surface area contributed by atoms with Crippen LogP contribution in [0.2, 0.25) is 0 Å². The zero-order chi connectivity index (χ0) is 22.8. The summed E-state index contributed by atoms with van der Waals surface area (Å²) >= 11 is 0. The van der Waals surface area contributed by atoms with Crippen molar-refractivity contribution in [1.82, 2.24) is 25.3 Å². The Morgan fingerprint density at radius 1 is 1.23 bits per heavy atom. The van der Waals surface area contributed by atoms with Crippen LogP contribution in [0, 0.1) is 5.41 Å². The number of amides is 2. The van der Waals surface area contributed by atoms with Gasteiger partial charge in [0.15, 0.2) is 0 Å². The predicted molar refractivity (Wildman–Crippen MR) is 119 cm³/mol.